The number of hydrogen-bond donors (Lipinski definition) is 0. The molecule has 7 aromatic rings. The predicted octanol–water partition coefficient (Wildman–Crippen LogP) is 9.26. The summed E-state index contributed by atoms with van der Waals surface area (Å²) < 4.78 is 47.5. The van der Waals surface area contributed by atoms with E-state index in [2.05, 4.69) is 90.8 Å². The number of aromatic nitrogens is 6. The molecule has 0 saturated carbocycles. The molecule has 68 heavy (non-hydrogen) atoms. The van der Waals surface area contributed by atoms with Crippen LogP contribution in [-0.4, -0.2) is 113 Å². The van der Waals surface area contributed by atoms with Gasteiger partial charge in [-0.25, -0.2) is 4.68 Å². The molecule has 0 N–H and O–H groups in total. The molecule has 8 rings (SSSR count). The van der Waals surface area contributed by atoms with Gasteiger partial charge in [-0.3, -0.25) is 4.99 Å². The van der Waals surface area contributed by atoms with Crippen molar-refractivity contribution in [3.05, 3.63) is 87.3 Å². The van der Waals surface area contributed by atoms with Gasteiger partial charge >= 0.3 is 0 Å². The highest BCUT2D eigenvalue weighted by molar-refractivity contribution is 7.17. The largest absolute Gasteiger partial charge is 0.493 e. The number of hydrogen-bond acceptors (Lipinski definition) is 16. The molecule has 0 fully saturated rings. The Morgan fingerprint density at radius 1 is 0.632 bits per heavy atom. The van der Waals surface area contributed by atoms with Crippen LogP contribution in [0.25, 0.3) is 23.1 Å². The number of methoxy groups -OCH3 is 7. The summed E-state index contributed by atoms with van der Waals surface area (Å²) in [6, 6.07) is 17.8. The Morgan fingerprint density at radius 2 is 1.19 bits per heavy atom. The average molecular weight is 971 g/mol. The number of rotatable bonds is 12. The summed E-state index contributed by atoms with van der Waals surface area (Å²) in [5, 5.41) is 23.0. The summed E-state index contributed by atoms with van der Waals surface area (Å²) >= 11 is 3.36. The van der Waals surface area contributed by atoms with E-state index in [-0.39, 0.29) is 10.8 Å². The molecule has 6 heterocycles. The van der Waals surface area contributed by atoms with E-state index in [0.29, 0.717) is 52.5 Å². The minimum atomic E-state index is -0.187. The number of aliphatic imine (C=N–C) groups is 1. The highest BCUT2D eigenvalue weighted by Crippen LogP contribution is 2.44. The Morgan fingerprint density at radius 3 is 1.68 bits per heavy atom. The molecule has 0 atom stereocenters. The van der Waals surface area contributed by atoms with Crippen molar-refractivity contribution >= 4 is 50.2 Å². The zero-order chi connectivity index (χ0) is 51.0. The van der Waals surface area contributed by atoms with Gasteiger partial charge in [-0.2, -0.15) is 14.7 Å². The number of ether oxygens (including phenoxy) is 7. The van der Waals surface area contributed by atoms with Gasteiger partial charge in [0.25, 0.3) is 0 Å². The molecule has 0 amide bonds. The third kappa shape index (κ3) is 10.8. The Kier molecular flexibility index (Phi) is 16.2. The number of nitrogens with zero attached hydrogens (tertiary/aromatic N) is 9. The van der Waals surface area contributed by atoms with Crippen LogP contribution < -0.4 is 48.2 Å². The number of fused-ring (bicyclic) bond motifs is 2. The van der Waals surface area contributed by atoms with Gasteiger partial charge in [0.15, 0.2) is 45.4 Å². The molecule has 0 radical (unpaired) electrons. The van der Waals surface area contributed by atoms with E-state index in [1.807, 2.05) is 69.3 Å². The summed E-state index contributed by atoms with van der Waals surface area (Å²) in [6.45, 7) is 13.5. The molecular weight excluding hydrogens is 903 g/mol. The monoisotopic (exact) mass is 970 g/mol. The molecule has 366 valence electrons. The SMILES string of the molecule is COc1ccc(-c2nnc3/c(=C\c4ccc(N(C)C)s4)c(C(C)(C)C)nn23)c(OC)c1OC.COc1ccc(C2=NCc3cc(C(C)(C)C)nn32)c(OC)c1OC.COc1ccc(N(C)C)s1.[2H]C. The van der Waals surface area contributed by atoms with Crippen molar-refractivity contribution in [3.63, 3.8) is 0 Å². The molecular formula is C50H67N9O7S2. The first-order valence-corrected chi connectivity index (χ1v) is 23.1. The van der Waals surface area contributed by atoms with Gasteiger partial charge in [0.1, 0.15) is 0 Å². The topological polar surface area (TPSA) is 144 Å². The molecule has 1 aliphatic heterocycles. The van der Waals surface area contributed by atoms with E-state index in [4.69, 9.17) is 44.7 Å². The second kappa shape index (κ2) is 21.6. The molecule has 0 aliphatic carbocycles. The van der Waals surface area contributed by atoms with Gasteiger partial charge in [0.2, 0.25) is 11.5 Å². The second-order valence-electron chi connectivity index (χ2n) is 17.8. The van der Waals surface area contributed by atoms with Crippen LogP contribution in [-0.2, 0) is 17.4 Å². The van der Waals surface area contributed by atoms with E-state index in [0.717, 1.165) is 49.2 Å². The molecule has 0 unspecified atom stereocenters. The first kappa shape index (κ1) is 50.9. The number of thiophene rings is 2. The van der Waals surface area contributed by atoms with E-state index < -0.39 is 0 Å². The fraction of sp³-hybridized carbons (Fsp3) is 0.420. The van der Waals surface area contributed by atoms with Crippen molar-refractivity contribution in [1.82, 2.24) is 29.6 Å². The van der Waals surface area contributed by atoms with Gasteiger partial charge in [0.05, 0.1) is 94.5 Å². The minimum Gasteiger partial charge on any atom is -0.493 e. The minimum absolute atomic E-state index is 0.00979. The summed E-state index contributed by atoms with van der Waals surface area (Å²) in [7, 11) is 20.6. The molecule has 0 spiro atoms. The molecule has 0 bridgehead atoms. The molecule has 2 aromatic carbocycles. The van der Waals surface area contributed by atoms with Crippen LogP contribution in [0.5, 0.6) is 39.6 Å². The van der Waals surface area contributed by atoms with Crippen LogP contribution in [0.1, 0.15) is 77.8 Å². The number of anilines is 2. The first-order chi connectivity index (χ1) is 32.8. The van der Waals surface area contributed by atoms with E-state index in [9.17, 15) is 0 Å². The molecule has 1 aliphatic rings. The second-order valence-corrected chi connectivity index (χ2v) is 19.9. The van der Waals surface area contributed by atoms with Crippen LogP contribution in [0, 0.1) is 0 Å². The van der Waals surface area contributed by atoms with Crippen LogP contribution in [0.4, 0.5) is 10.0 Å². The van der Waals surface area contributed by atoms with Gasteiger partial charge in [-0.15, -0.1) is 21.5 Å². The normalized spacial score (nSPS) is 12.3. The maximum atomic E-state index is 5.75. The standard InChI is InChI=1S/C24H29N5O3S.C18H23N3O3.C7H11NOS.CH4/c1-24(2,3)21-16(13-14-9-12-18(33-14)28(4)5)23-26-25-22(29(23)27-21)15-10-11-17(30-6)20(32-8)19(15)31-7;1-18(2,3)14-9-11-10-19-17(21(11)20-14)12-7-8-13(22-4)16(24-6)15(12)23-5;1-8(2)6-4-5-7(9-3)10-6;/h9-13H,1-8H3;7-9H,10H2,1-6H3;4-5H,1-3H3;1H4/b16-13-;;;/i;;;1D. The maximum absolute atomic E-state index is 5.75. The lowest BCUT2D eigenvalue weighted by molar-refractivity contribution is 0.324. The maximum Gasteiger partial charge on any atom is 0.204 e. The lowest BCUT2D eigenvalue weighted by Gasteiger charge is -2.17. The average Bonchev–Trinajstić information content (AvgIpc) is 4.19. The third-order valence-corrected chi connectivity index (χ3v) is 13.0. The third-order valence-electron chi connectivity index (χ3n) is 10.6. The van der Waals surface area contributed by atoms with Crippen molar-refractivity contribution in [1.29, 1.82) is 0 Å². The van der Waals surface area contributed by atoms with Crippen LogP contribution >= 0.6 is 22.7 Å². The van der Waals surface area contributed by atoms with Crippen molar-refractivity contribution in [2.24, 2.45) is 4.99 Å². The van der Waals surface area contributed by atoms with Gasteiger partial charge in [-0.05, 0) is 60.7 Å². The zero-order valence-electron chi connectivity index (χ0n) is 43.7. The van der Waals surface area contributed by atoms with E-state index in [1.165, 1.54) is 17.4 Å². The predicted molar refractivity (Wildman–Crippen MR) is 277 cm³/mol. The molecule has 5 aromatic heterocycles. The number of benzene rings is 2. The van der Waals surface area contributed by atoms with Gasteiger partial charge in [0, 0.05) is 50.5 Å². The quantitative estimate of drug-likeness (QED) is 0.115. The molecule has 16 nitrogen and oxygen atoms in total. The Hall–Kier alpha value is -6.53. The summed E-state index contributed by atoms with van der Waals surface area (Å²) in [5.74, 6) is 4.70. The van der Waals surface area contributed by atoms with Crippen LogP contribution in [0.15, 0.2) is 59.6 Å². The van der Waals surface area contributed by atoms with Crippen LogP contribution in [0.3, 0.4) is 0 Å². The summed E-state index contributed by atoms with van der Waals surface area (Å²) in [5.41, 5.74) is 5.13. The van der Waals surface area contributed by atoms with E-state index in [1.54, 1.807) is 77.0 Å². The summed E-state index contributed by atoms with van der Waals surface area (Å²) in [6.07, 6.45) is 2.14. The molecule has 0 saturated heterocycles. The van der Waals surface area contributed by atoms with Gasteiger partial charge in [-0.1, -0.05) is 60.3 Å². The van der Waals surface area contributed by atoms with Crippen molar-refractivity contribution in [2.75, 3.05) is 87.8 Å². The first-order valence-electron chi connectivity index (χ1n) is 22.4. The molecule has 18 heteroatoms. The zero-order valence-corrected chi connectivity index (χ0v) is 44.3. The summed E-state index contributed by atoms with van der Waals surface area (Å²) in [4.78, 5) is 9.93. The lowest BCUT2D eigenvalue weighted by Crippen LogP contribution is -2.22. The highest BCUT2D eigenvalue weighted by atomic mass is 32.1. The van der Waals surface area contributed by atoms with Crippen molar-refractivity contribution in [2.45, 2.75) is 66.3 Å². The Bertz CT molecular complexity index is 2910. The van der Waals surface area contributed by atoms with Gasteiger partial charge < -0.3 is 43.0 Å². The van der Waals surface area contributed by atoms with E-state index >= 15 is 0 Å². The van der Waals surface area contributed by atoms with Crippen molar-refractivity contribution in [3.8, 4) is 50.9 Å². The fourth-order valence-corrected chi connectivity index (χ4v) is 8.80. The van der Waals surface area contributed by atoms with Crippen molar-refractivity contribution < 1.29 is 34.5 Å². The Labute approximate surface area is 410 Å². The highest BCUT2D eigenvalue weighted by Gasteiger charge is 2.29. The smallest absolute Gasteiger partial charge is 0.204 e. The Balaban J connectivity index is 0.000000214. The lowest BCUT2D eigenvalue weighted by atomic mass is 9.91. The van der Waals surface area contributed by atoms with Crippen LogP contribution in [0.2, 0.25) is 0 Å². The fourth-order valence-electron chi connectivity index (χ4n) is 7.18.